The van der Waals surface area contributed by atoms with Gasteiger partial charge in [-0.05, 0) is 25.0 Å². The molecule has 4 rings (SSSR count). The summed E-state index contributed by atoms with van der Waals surface area (Å²) in [6, 6.07) is 7.71. The van der Waals surface area contributed by atoms with Crippen molar-refractivity contribution in [1.82, 2.24) is 19.5 Å². The normalized spacial score (nSPS) is 17.3. The van der Waals surface area contributed by atoms with Crippen molar-refractivity contribution in [1.29, 1.82) is 0 Å². The van der Waals surface area contributed by atoms with Crippen LogP contribution in [-0.4, -0.2) is 39.3 Å². The first-order chi connectivity index (χ1) is 11.8. The van der Waals surface area contributed by atoms with E-state index in [0.717, 1.165) is 48.6 Å². The number of para-hydroxylation sites is 2. The minimum absolute atomic E-state index is 0.239. The van der Waals surface area contributed by atoms with Crippen molar-refractivity contribution in [2.24, 2.45) is 0 Å². The monoisotopic (exact) mass is 325 g/mol. The van der Waals surface area contributed by atoms with Crippen LogP contribution >= 0.6 is 0 Å². The van der Waals surface area contributed by atoms with Gasteiger partial charge in [0, 0.05) is 6.61 Å². The molecule has 0 amide bonds. The maximum Gasteiger partial charge on any atom is 0.165 e. The number of nitrogens with one attached hydrogen (secondary N) is 1. The first-order valence-corrected chi connectivity index (χ1v) is 8.02. The highest BCUT2D eigenvalue weighted by atomic mass is 16.5. The van der Waals surface area contributed by atoms with Gasteiger partial charge in [0.2, 0.25) is 0 Å². The van der Waals surface area contributed by atoms with E-state index in [2.05, 4.69) is 20.3 Å². The lowest BCUT2D eigenvalue weighted by atomic mass is 10.2. The predicted octanol–water partition coefficient (Wildman–Crippen LogP) is 2.76. The van der Waals surface area contributed by atoms with Crippen molar-refractivity contribution < 1.29 is 9.47 Å². The number of hydrogen-bond acceptors (Lipinski definition) is 6. The van der Waals surface area contributed by atoms with E-state index in [9.17, 15) is 0 Å². The standard InChI is InChI=1S/C17H19N5O2/c1-23-14-7-3-2-6-13(14)21-16-15-17(19-10-18-16)22(11-20-15)9-12-5-4-8-24-12/h2-3,6-7,10-12H,4-5,8-9H2,1H3,(H,18,19,21). The average Bonchev–Trinajstić information content (AvgIpc) is 3.27. The van der Waals surface area contributed by atoms with Gasteiger partial charge in [-0.1, -0.05) is 12.1 Å². The van der Waals surface area contributed by atoms with Crippen molar-refractivity contribution in [3.63, 3.8) is 0 Å². The molecule has 0 saturated carbocycles. The molecule has 1 aliphatic rings. The van der Waals surface area contributed by atoms with Crippen LogP contribution in [0.3, 0.4) is 0 Å². The Morgan fingerprint density at radius 3 is 3.04 bits per heavy atom. The molecule has 24 heavy (non-hydrogen) atoms. The van der Waals surface area contributed by atoms with Crippen LogP contribution in [-0.2, 0) is 11.3 Å². The lowest BCUT2D eigenvalue weighted by Gasteiger charge is -2.11. The van der Waals surface area contributed by atoms with Gasteiger partial charge in [0.25, 0.3) is 0 Å². The summed E-state index contributed by atoms with van der Waals surface area (Å²) in [5, 5.41) is 3.29. The summed E-state index contributed by atoms with van der Waals surface area (Å²) in [7, 11) is 1.65. The van der Waals surface area contributed by atoms with Crippen LogP contribution in [0.25, 0.3) is 11.2 Å². The number of aromatic nitrogens is 4. The van der Waals surface area contributed by atoms with Gasteiger partial charge in [-0.25, -0.2) is 15.0 Å². The molecule has 0 aliphatic carbocycles. The number of hydrogen-bond donors (Lipinski definition) is 1. The topological polar surface area (TPSA) is 74.1 Å². The number of fused-ring (bicyclic) bond motifs is 1. The van der Waals surface area contributed by atoms with E-state index < -0.39 is 0 Å². The van der Waals surface area contributed by atoms with Crippen LogP contribution in [0.4, 0.5) is 11.5 Å². The molecular formula is C17H19N5O2. The number of ether oxygens (including phenoxy) is 2. The van der Waals surface area contributed by atoms with Crippen LogP contribution in [0.2, 0.25) is 0 Å². The van der Waals surface area contributed by atoms with E-state index in [0.29, 0.717) is 5.82 Å². The zero-order valence-corrected chi connectivity index (χ0v) is 13.5. The molecule has 1 saturated heterocycles. The molecular weight excluding hydrogens is 306 g/mol. The summed E-state index contributed by atoms with van der Waals surface area (Å²) < 4.78 is 13.1. The third kappa shape index (κ3) is 2.78. The first-order valence-electron chi connectivity index (χ1n) is 8.02. The second-order valence-corrected chi connectivity index (χ2v) is 5.75. The highest BCUT2D eigenvalue weighted by Crippen LogP contribution is 2.28. The smallest absolute Gasteiger partial charge is 0.165 e. The fraction of sp³-hybridized carbons (Fsp3) is 0.353. The molecule has 0 radical (unpaired) electrons. The Hall–Kier alpha value is -2.67. The Balaban J connectivity index is 1.65. The molecule has 2 aromatic heterocycles. The molecule has 7 heteroatoms. The maximum absolute atomic E-state index is 5.71. The van der Waals surface area contributed by atoms with Gasteiger partial charge in [-0.3, -0.25) is 0 Å². The third-order valence-corrected chi connectivity index (χ3v) is 4.19. The van der Waals surface area contributed by atoms with E-state index in [-0.39, 0.29) is 6.10 Å². The zero-order valence-electron chi connectivity index (χ0n) is 13.5. The van der Waals surface area contributed by atoms with Crippen LogP contribution < -0.4 is 10.1 Å². The molecule has 1 fully saturated rings. The van der Waals surface area contributed by atoms with Gasteiger partial charge in [-0.2, -0.15) is 0 Å². The van der Waals surface area contributed by atoms with E-state index in [1.54, 1.807) is 19.8 Å². The van der Waals surface area contributed by atoms with Crippen molar-refractivity contribution in [3.05, 3.63) is 36.9 Å². The van der Waals surface area contributed by atoms with Crippen molar-refractivity contribution in [3.8, 4) is 5.75 Å². The van der Waals surface area contributed by atoms with Crippen LogP contribution in [0, 0.1) is 0 Å². The zero-order chi connectivity index (χ0) is 16.4. The van der Waals surface area contributed by atoms with Crippen molar-refractivity contribution in [2.45, 2.75) is 25.5 Å². The molecule has 1 unspecified atom stereocenters. The second-order valence-electron chi connectivity index (χ2n) is 5.75. The summed E-state index contributed by atoms with van der Waals surface area (Å²) in [6.45, 7) is 1.61. The molecule has 1 atom stereocenters. The average molecular weight is 325 g/mol. The molecule has 0 spiro atoms. The SMILES string of the molecule is COc1ccccc1Nc1ncnc2c1ncn2CC1CCCO1. The number of anilines is 2. The van der Waals surface area contributed by atoms with Gasteiger partial charge in [-0.15, -0.1) is 0 Å². The molecule has 1 aromatic carbocycles. The summed E-state index contributed by atoms with van der Waals surface area (Å²) in [5.74, 6) is 1.42. The van der Waals surface area contributed by atoms with Crippen molar-refractivity contribution >= 4 is 22.7 Å². The number of benzene rings is 1. The first kappa shape index (κ1) is 14.9. The second kappa shape index (κ2) is 6.45. The fourth-order valence-electron chi connectivity index (χ4n) is 2.99. The largest absolute Gasteiger partial charge is 0.495 e. The number of rotatable bonds is 5. The van der Waals surface area contributed by atoms with Crippen molar-refractivity contribution in [2.75, 3.05) is 19.0 Å². The number of imidazole rings is 1. The number of nitrogens with zero attached hydrogens (tertiary/aromatic N) is 4. The Labute approximate surface area is 139 Å². The van der Waals surface area contributed by atoms with Gasteiger partial charge in [0.1, 0.15) is 12.1 Å². The van der Waals surface area contributed by atoms with Gasteiger partial charge < -0.3 is 19.4 Å². The Morgan fingerprint density at radius 2 is 2.21 bits per heavy atom. The summed E-state index contributed by atoms with van der Waals surface area (Å²) in [4.78, 5) is 13.2. The third-order valence-electron chi connectivity index (χ3n) is 4.19. The Bertz CT molecular complexity index is 842. The molecule has 3 heterocycles. The molecule has 1 aliphatic heterocycles. The van der Waals surface area contributed by atoms with E-state index in [4.69, 9.17) is 9.47 Å². The predicted molar refractivity (Wildman–Crippen MR) is 90.6 cm³/mol. The maximum atomic E-state index is 5.71. The van der Waals surface area contributed by atoms with Gasteiger partial charge in [0.15, 0.2) is 17.0 Å². The fourth-order valence-corrected chi connectivity index (χ4v) is 2.99. The molecule has 7 nitrogen and oxygen atoms in total. The minimum Gasteiger partial charge on any atom is -0.495 e. The molecule has 3 aromatic rings. The van der Waals surface area contributed by atoms with E-state index in [1.165, 1.54) is 0 Å². The van der Waals surface area contributed by atoms with E-state index >= 15 is 0 Å². The highest BCUT2D eigenvalue weighted by molar-refractivity contribution is 5.85. The molecule has 0 bridgehead atoms. The summed E-state index contributed by atoms with van der Waals surface area (Å²) >= 11 is 0. The highest BCUT2D eigenvalue weighted by Gasteiger charge is 2.18. The summed E-state index contributed by atoms with van der Waals surface area (Å²) in [5.41, 5.74) is 2.38. The Morgan fingerprint density at radius 1 is 1.29 bits per heavy atom. The lowest BCUT2D eigenvalue weighted by Crippen LogP contribution is -2.14. The van der Waals surface area contributed by atoms with Gasteiger partial charge in [0.05, 0.1) is 31.8 Å². The van der Waals surface area contributed by atoms with Crippen LogP contribution in [0.15, 0.2) is 36.9 Å². The molecule has 124 valence electrons. The minimum atomic E-state index is 0.239. The van der Waals surface area contributed by atoms with Gasteiger partial charge >= 0.3 is 0 Å². The van der Waals surface area contributed by atoms with E-state index in [1.807, 2.05) is 28.8 Å². The Kier molecular flexibility index (Phi) is 4.00. The lowest BCUT2D eigenvalue weighted by molar-refractivity contribution is 0.0978. The van der Waals surface area contributed by atoms with Crippen LogP contribution in [0.1, 0.15) is 12.8 Å². The molecule has 1 N–H and O–H groups in total. The number of methoxy groups -OCH3 is 1. The quantitative estimate of drug-likeness (QED) is 0.777. The van der Waals surface area contributed by atoms with Crippen LogP contribution in [0.5, 0.6) is 5.75 Å². The summed E-state index contributed by atoms with van der Waals surface area (Å²) in [6.07, 6.45) is 5.79.